The first-order chi connectivity index (χ1) is 8.03. The van der Waals surface area contributed by atoms with Gasteiger partial charge in [-0.15, -0.1) is 10.2 Å². The maximum absolute atomic E-state index is 11.9. The molecular weight excluding hydrogens is 226 g/mol. The maximum Gasteiger partial charge on any atom is 0.311 e. The minimum absolute atomic E-state index is 0.0281. The van der Waals surface area contributed by atoms with Gasteiger partial charge in [-0.25, -0.2) is 0 Å². The van der Waals surface area contributed by atoms with E-state index in [0.717, 1.165) is 0 Å². The van der Waals surface area contributed by atoms with Gasteiger partial charge in [0.15, 0.2) is 0 Å². The number of amides is 1. The second-order valence-electron chi connectivity index (χ2n) is 4.43. The molecule has 1 fully saturated rings. The molecule has 1 aromatic rings. The molecule has 1 aliphatic rings. The number of H-pyrrole nitrogens is 1. The number of aromatic nitrogens is 4. The van der Waals surface area contributed by atoms with E-state index in [1.54, 1.807) is 6.92 Å². The molecule has 1 unspecified atom stereocenters. The van der Waals surface area contributed by atoms with Gasteiger partial charge in [-0.2, -0.15) is 5.21 Å². The summed E-state index contributed by atoms with van der Waals surface area (Å²) in [7, 11) is 0. The van der Waals surface area contributed by atoms with Crippen LogP contribution in [0, 0.1) is 5.41 Å². The van der Waals surface area contributed by atoms with Gasteiger partial charge in [0.25, 0.3) is 11.7 Å². The number of likely N-dealkylation sites (tertiary alicyclic amines) is 1. The number of carboxylic acid groups (broad SMARTS) is 1. The second kappa shape index (κ2) is 4.11. The second-order valence-corrected chi connectivity index (χ2v) is 4.43. The van der Waals surface area contributed by atoms with Crippen molar-refractivity contribution in [1.29, 1.82) is 0 Å². The lowest BCUT2D eigenvalue weighted by molar-refractivity contribution is -0.150. The zero-order valence-electron chi connectivity index (χ0n) is 9.38. The van der Waals surface area contributed by atoms with Crippen molar-refractivity contribution in [1.82, 2.24) is 25.5 Å². The van der Waals surface area contributed by atoms with E-state index in [4.69, 9.17) is 5.11 Å². The predicted octanol–water partition coefficient (Wildman–Crippen LogP) is -0.473. The summed E-state index contributed by atoms with van der Waals surface area (Å²) in [5.41, 5.74) is -0.891. The summed E-state index contributed by atoms with van der Waals surface area (Å²) in [6, 6.07) is 0. The van der Waals surface area contributed by atoms with E-state index >= 15 is 0 Å². The van der Waals surface area contributed by atoms with E-state index in [2.05, 4.69) is 20.6 Å². The van der Waals surface area contributed by atoms with E-state index in [9.17, 15) is 9.59 Å². The van der Waals surface area contributed by atoms with Gasteiger partial charge in [-0.1, -0.05) is 0 Å². The normalized spacial score (nSPS) is 24.6. The minimum atomic E-state index is -0.891. The number of carboxylic acids is 1. The lowest BCUT2D eigenvalue weighted by atomic mass is 9.82. The van der Waals surface area contributed by atoms with Crippen LogP contribution in [-0.4, -0.2) is 55.6 Å². The molecule has 0 spiro atoms. The Morgan fingerprint density at radius 3 is 2.88 bits per heavy atom. The minimum Gasteiger partial charge on any atom is -0.481 e. The van der Waals surface area contributed by atoms with Gasteiger partial charge in [0.05, 0.1) is 5.41 Å². The van der Waals surface area contributed by atoms with Gasteiger partial charge in [-0.05, 0) is 25.0 Å². The predicted molar refractivity (Wildman–Crippen MR) is 55.1 cm³/mol. The van der Waals surface area contributed by atoms with Crippen LogP contribution in [0.3, 0.4) is 0 Å². The molecule has 1 saturated heterocycles. The highest BCUT2D eigenvalue weighted by Gasteiger charge is 2.40. The monoisotopic (exact) mass is 239 g/mol. The first-order valence-corrected chi connectivity index (χ1v) is 5.29. The van der Waals surface area contributed by atoms with Gasteiger partial charge in [0, 0.05) is 13.1 Å². The molecule has 8 heteroatoms. The van der Waals surface area contributed by atoms with Crippen molar-refractivity contribution in [3.05, 3.63) is 5.82 Å². The molecule has 1 amide bonds. The Morgan fingerprint density at radius 2 is 2.29 bits per heavy atom. The van der Waals surface area contributed by atoms with E-state index in [1.807, 2.05) is 0 Å². The van der Waals surface area contributed by atoms with Crippen molar-refractivity contribution >= 4 is 11.9 Å². The molecule has 1 atom stereocenters. The maximum atomic E-state index is 11.9. The number of tetrazole rings is 1. The van der Waals surface area contributed by atoms with Crippen molar-refractivity contribution in [2.45, 2.75) is 19.8 Å². The number of carbonyl (C=O) groups excluding carboxylic acids is 1. The van der Waals surface area contributed by atoms with Crippen LogP contribution in [0.25, 0.3) is 0 Å². The number of piperidine rings is 1. The quantitative estimate of drug-likeness (QED) is 0.721. The number of aliphatic carboxylic acids is 1. The molecule has 17 heavy (non-hydrogen) atoms. The number of rotatable bonds is 2. The fraction of sp³-hybridized carbons (Fsp3) is 0.667. The third-order valence-corrected chi connectivity index (χ3v) is 3.04. The zero-order valence-corrected chi connectivity index (χ0v) is 9.38. The van der Waals surface area contributed by atoms with Crippen LogP contribution in [0.5, 0.6) is 0 Å². The fourth-order valence-electron chi connectivity index (χ4n) is 1.98. The highest BCUT2D eigenvalue weighted by Crippen LogP contribution is 2.30. The van der Waals surface area contributed by atoms with Crippen LogP contribution in [0.2, 0.25) is 0 Å². The van der Waals surface area contributed by atoms with E-state index in [1.165, 1.54) is 4.90 Å². The highest BCUT2D eigenvalue weighted by molar-refractivity contribution is 5.90. The van der Waals surface area contributed by atoms with Gasteiger partial charge in [-0.3, -0.25) is 9.59 Å². The topological polar surface area (TPSA) is 112 Å². The first-order valence-electron chi connectivity index (χ1n) is 5.29. The summed E-state index contributed by atoms with van der Waals surface area (Å²) in [6.45, 7) is 2.34. The molecule has 0 radical (unpaired) electrons. The molecule has 0 bridgehead atoms. The third kappa shape index (κ3) is 2.10. The summed E-state index contributed by atoms with van der Waals surface area (Å²) >= 11 is 0. The molecular formula is C9H13N5O3. The van der Waals surface area contributed by atoms with E-state index in [0.29, 0.717) is 19.4 Å². The Balaban J connectivity index is 2.13. The van der Waals surface area contributed by atoms with E-state index < -0.39 is 11.4 Å². The Bertz CT molecular complexity index is 432. The number of nitrogens with one attached hydrogen (secondary N) is 1. The van der Waals surface area contributed by atoms with Gasteiger partial charge in [0.2, 0.25) is 0 Å². The van der Waals surface area contributed by atoms with Crippen LogP contribution in [0.15, 0.2) is 0 Å². The zero-order chi connectivity index (χ0) is 12.5. The Kier molecular flexibility index (Phi) is 2.78. The number of hydrogen-bond donors (Lipinski definition) is 2. The first kappa shape index (κ1) is 11.5. The third-order valence-electron chi connectivity index (χ3n) is 3.04. The van der Waals surface area contributed by atoms with Crippen molar-refractivity contribution < 1.29 is 14.7 Å². The van der Waals surface area contributed by atoms with Crippen LogP contribution < -0.4 is 0 Å². The fourth-order valence-corrected chi connectivity index (χ4v) is 1.98. The Hall–Kier alpha value is -1.99. The average Bonchev–Trinajstić information content (AvgIpc) is 2.81. The van der Waals surface area contributed by atoms with Crippen molar-refractivity contribution in [2.24, 2.45) is 5.41 Å². The molecule has 8 nitrogen and oxygen atoms in total. The Labute approximate surface area is 97.0 Å². The summed E-state index contributed by atoms with van der Waals surface area (Å²) in [6.07, 6.45) is 1.23. The summed E-state index contributed by atoms with van der Waals surface area (Å²) in [5.74, 6) is -1.30. The lowest BCUT2D eigenvalue weighted by Crippen LogP contribution is -2.48. The van der Waals surface area contributed by atoms with Crippen LogP contribution in [-0.2, 0) is 4.79 Å². The van der Waals surface area contributed by atoms with Gasteiger partial charge >= 0.3 is 5.97 Å². The molecule has 2 rings (SSSR count). The summed E-state index contributed by atoms with van der Waals surface area (Å²) in [4.78, 5) is 24.5. The molecule has 0 saturated carbocycles. The summed E-state index contributed by atoms with van der Waals surface area (Å²) < 4.78 is 0. The van der Waals surface area contributed by atoms with Crippen LogP contribution in [0.1, 0.15) is 30.4 Å². The van der Waals surface area contributed by atoms with Crippen molar-refractivity contribution in [3.8, 4) is 0 Å². The van der Waals surface area contributed by atoms with Gasteiger partial charge in [0.1, 0.15) is 0 Å². The SMILES string of the molecule is CC1(C(=O)O)CCCN(C(=O)c2nn[nH]n2)C1. The molecule has 2 heterocycles. The molecule has 2 N–H and O–H groups in total. The van der Waals surface area contributed by atoms with Gasteiger partial charge < -0.3 is 10.0 Å². The van der Waals surface area contributed by atoms with Crippen LogP contribution >= 0.6 is 0 Å². The van der Waals surface area contributed by atoms with Crippen molar-refractivity contribution in [3.63, 3.8) is 0 Å². The highest BCUT2D eigenvalue weighted by atomic mass is 16.4. The molecule has 1 aromatic heterocycles. The number of hydrogen-bond acceptors (Lipinski definition) is 5. The van der Waals surface area contributed by atoms with Crippen LogP contribution in [0.4, 0.5) is 0 Å². The molecule has 0 aliphatic carbocycles. The smallest absolute Gasteiger partial charge is 0.311 e. The Morgan fingerprint density at radius 1 is 1.53 bits per heavy atom. The number of aromatic amines is 1. The number of nitrogens with zero attached hydrogens (tertiary/aromatic N) is 4. The standard InChI is InChI=1S/C9H13N5O3/c1-9(8(16)17)3-2-4-14(5-9)7(15)6-10-12-13-11-6/h2-5H2,1H3,(H,16,17)(H,10,11,12,13). The lowest BCUT2D eigenvalue weighted by Gasteiger charge is -2.36. The molecule has 1 aliphatic heterocycles. The van der Waals surface area contributed by atoms with E-state index in [-0.39, 0.29) is 18.3 Å². The molecule has 92 valence electrons. The molecule has 0 aromatic carbocycles. The summed E-state index contributed by atoms with van der Waals surface area (Å²) in [5, 5.41) is 21.8. The van der Waals surface area contributed by atoms with Crippen molar-refractivity contribution in [2.75, 3.05) is 13.1 Å². The average molecular weight is 239 g/mol. The largest absolute Gasteiger partial charge is 0.481 e. The number of carbonyl (C=O) groups is 2.